The molecule has 1 aliphatic rings. The summed E-state index contributed by atoms with van der Waals surface area (Å²) in [5.74, 6) is 0. The molecule has 1 aromatic rings. The van der Waals surface area contributed by atoms with Gasteiger partial charge < -0.3 is 10.6 Å². The van der Waals surface area contributed by atoms with Gasteiger partial charge in [0.15, 0.2) is 0 Å². The van der Waals surface area contributed by atoms with Crippen LogP contribution in [0.1, 0.15) is 24.1 Å². The highest BCUT2D eigenvalue weighted by Crippen LogP contribution is 2.17. The van der Waals surface area contributed by atoms with E-state index in [9.17, 15) is 0 Å². The summed E-state index contributed by atoms with van der Waals surface area (Å²) in [6.45, 7) is 5.06. The molecule has 1 heterocycles. The van der Waals surface area contributed by atoms with E-state index in [0.717, 1.165) is 31.4 Å². The zero-order valence-electron chi connectivity index (χ0n) is 9.29. The summed E-state index contributed by atoms with van der Waals surface area (Å²) >= 11 is 0. The van der Waals surface area contributed by atoms with Crippen molar-refractivity contribution in [1.82, 2.24) is 15.6 Å². The number of aromatic nitrogens is 1. The average Bonchev–Trinajstić information content (AvgIpc) is 3.04. The molecule has 1 aromatic heterocycles. The molecule has 15 heavy (non-hydrogen) atoms. The highest BCUT2D eigenvalue weighted by molar-refractivity contribution is 5.17. The Morgan fingerprint density at radius 3 is 3.00 bits per heavy atom. The van der Waals surface area contributed by atoms with Crippen molar-refractivity contribution in [3.63, 3.8) is 0 Å². The van der Waals surface area contributed by atoms with Gasteiger partial charge in [-0.1, -0.05) is 6.07 Å². The molecule has 0 saturated heterocycles. The van der Waals surface area contributed by atoms with Crippen LogP contribution in [0, 0.1) is 6.92 Å². The predicted octanol–water partition coefficient (Wildman–Crippen LogP) is 1.23. The normalized spacial score (nSPS) is 15.5. The molecule has 2 N–H and O–H groups in total. The molecule has 1 fully saturated rings. The van der Waals surface area contributed by atoms with Crippen molar-refractivity contribution in [3.8, 4) is 0 Å². The fourth-order valence-electron chi connectivity index (χ4n) is 1.56. The van der Waals surface area contributed by atoms with Crippen molar-refractivity contribution in [2.24, 2.45) is 0 Å². The van der Waals surface area contributed by atoms with E-state index >= 15 is 0 Å². The maximum absolute atomic E-state index is 4.34. The zero-order valence-corrected chi connectivity index (χ0v) is 9.29. The van der Waals surface area contributed by atoms with Gasteiger partial charge in [0.25, 0.3) is 0 Å². The van der Waals surface area contributed by atoms with Crippen LogP contribution in [0.25, 0.3) is 0 Å². The summed E-state index contributed by atoms with van der Waals surface area (Å²) in [5.41, 5.74) is 2.42. The fourth-order valence-corrected chi connectivity index (χ4v) is 1.56. The molecule has 0 amide bonds. The van der Waals surface area contributed by atoms with Crippen molar-refractivity contribution < 1.29 is 0 Å². The van der Waals surface area contributed by atoms with E-state index in [2.05, 4.69) is 28.6 Å². The lowest BCUT2D eigenvalue weighted by atomic mass is 10.2. The molecule has 0 aromatic carbocycles. The van der Waals surface area contributed by atoms with E-state index in [1.165, 1.54) is 18.4 Å². The highest BCUT2D eigenvalue weighted by Gasteiger charge is 2.19. The van der Waals surface area contributed by atoms with Gasteiger partial charge in [-0.25, -0.2) is 0 Å². The maximum Gasteiger partial charge on any atom is 0.0570 e. The number of aryl methyl sites for hydroxylation is 1. The third-order valence-corrected chi connectivity index (χ3v) is 2.72. The van der Waals surface area contributed by atoms with E-state index in [1.54, 1.807) is 0 Å². The van der Waals surface area contributed by atoms with Gasteiger partial charge in [0.05, 0.1) is 5.69 Å². The molecule has 0 atom stereocenters. The van der Waals surface area contributed by atoms with Crippen molar-refractivity contribution in [1.29, 1.82) is 0 Å². The molecule has 2 rings (SSSR count). The Kier molecular flexibility index (Phi) is 3.69. The van der Waals surface area contributed by atoms with Crippen LogP contribution in [0.15, 0.2) is 18.3 Å². The summed E-state index contributed by atoms with van der Waals surface area (Å²) < 4.78 is 0. The minimum atomic E-state index is 0.809. The number of hydrogen-bond donors (Lipinski definition) is 2. The Bertz CT molecular complexity index is 307. The second-order valence-electron chi connectivity index (χ2n) is 4.17. The molecule has 3 nitrogen and oxygen atoms in total. The van der Waals surface area contributed by atoms with Crippen molar-refractivity contribution in [2.75, 3.05) is 13.1 Å². The first-order valence-electron chi connectivity index (χ1n) is 5.71. The Labute approximate surface area is 91.3 Å². The molecule has 1 saturated carbocycles. The molecule has 82 valence electrons. The van der Waals surface area contributed by atoms with Gasteiger partial charge >= 0.3 is 0 Å². The van der Waals surface area contributed by atoms with Crippen LogP contribution in [0.2, 0.25) is 0 Å². The first-order valence-corrected chi connectivity index (χ1v) is 5.71. The molecule has 3 heteroatoms. The summed E-state index contributed by atoms with van der Waals surface area (Å²) in [5, 5.41) is 6.88. The molecular weight excluding hydrogens is 186 g/mol. The molecular formula is C12H19N3. The summed E-state index contributed by atoms with van der Waals surface area (Å²) in [7, 11) is 0. The number of hydrogen-bond acceptors (Lipinski definition) is 3. The zero-order chi connectivity index (χ0) is 10.5. The van der Waals surface area contributed by atoms with Crippen molar-refractivity contribution in [3.05, 3.63) is 29.6 Å². The summed E-state index contributed by atoms with van der Waals surface area (Å²) in [6, 6.07) is 4.89. The second-order valence-corrected chi connectivity index (χ2v) is 4.17. The topological polar surface area (TPSA) is 37.0 Å². The first kappa shape index (κ1) is 10.6. The lowest BCUT2D eigenvalue weighted by Gasteiger charge is -2.07. The molecule has 0 aliphatic heterocycles. The second kappa shape index (κ2) is 5.24. The van der Waals surface area contributed by atoms with Crippen LogP contribution in [-0.2, 0) is 6.54 Å². The lowest BCUT2D eigenvalue weighted by molar-refractivity contribution is 0.602. The number of rotatable bonds is 6. The van der Waals surface area contributed by atoms with Crippen LogP contribution < -0.4 is 10.6 Å². The van der Waals surface area contributed by atoms with Crippen LogP contribution in [0.4, 0.5) is 0 Å². The van der Waals surface area contributed by atoms with Gasteiger partial charge in [0.2, 0.25) is 0 Å². The van der Waals surface area contributed by atoms with Gasteiger partial charge in [0.1, 0.15) is 0 Å². The highest BCUT2D eigenvalue weighted by atomic mass is 15.0. The molecule has 0 radical (unpaired) electrons. The summed E-state index contributed by atoms with van der Waals surface area (Å²) in [6.07, 6.45) is 4.57. The number of nitrogens with one attached hydrogen (secondary N) is 2. The molecule has 0 bridgehead atoms. The minimum Gasteiger partial charge on any atom is -0.313 e. The Morgan fingerprint density at radius 1 is 1.40 bits per heavy atom. The third kappa shape index (κ3) is 3.61. The van der Waals surface area contributed by atoms with Gasteiger partial charge in [-0.3, -0.25) is 4.98 Å². The van der Waals surface area contributed by atoms with Gasteiger partial charge in [0, 0.05) is 31.9 Å². The smallest absolute Gasteiger partial charge is 0.0570 e. The van der Waals surface area contributed by atoms with Crippen molar-refractivity contribution in [2.45, 2.75) is 32.4 Å². The Hall–Kier alpha value is -0.930. The van der Waals surface area contributed by atoms with E-state index < -0.39 is 0 Å². The largest absolute Gasteiger partial charge is 0.313 e. The van der Waals surface area contributed by atoms with Crippen molar-refractivity contribution >= 4 is 0 Å². The fraction of sp³-hybridized carbons (Fsp3) is 0.583. The average molecular weight is 205 g/mol. The SMILES string of the molecule is Cc1cccnc1CNCCNC1CC1. The quantitative estimate of drug-likeness (QED) is 0.686. The van der Waals surface area contributed by atoms with E-state index in [0.29, 0.717) is 0 Å². The van der Waals surface area contributed by atoms with Crippen LogP contribution in [0.3, 0.4) is 0 Å². The van der Waals surface area contributed by atoms with Crippen LogP contribution in [-0.4, -0.2) is 24.1 Å². The van der Waals surface area contributed by atoms with E-state index in [4.69, 9.17) is 0 Å². The summed E-state index contributed by atoms with van der Waals surface area (Å²) in [4.78, 5) is 4.34. The predicted molar refractivity (Wildman–Crippen MR) is 61.7 cm³/mol. The van der Waals surface area contributed by atoms with Gasteiger partial charge in [-0.05, 0) is 31.4 Å². The third-order valence-electron chi connectivity index (χ3n) is 2.72. The monoisotopic (exact) mass is 205 g/mol. The molecule has 0 unspecified atom stereocenters. The maximum atomic E-state index is 4.34. The molecule has 1 aliphatic carbocycles. The molecule has 0 spiro atoms. The lowest BCUT2D eigenvalue weighted by Crippen LogP contribution is -2.28. The van der Waals surface area contributed by atoms with Crippen LogP contribution >= 0.6 is 0 Å². The standard InChI is InChI=1S/C12H19N3/c1-10-3-2-6-15-12(10)9-13-7-8-14-11-4-5-11/h2-3,6,11,13-14H,4-5,7-9H2,1H3. The number of pyridine rings is 1. The van der Waals surface area contributed by atoms with Gasteiger partial charge in [-0.15, -0.1) is 0 Å². The first-order chi connectivity index (χ1) is 7.36. The Balaban J connectivity index is 1.62. The van der Waals surface area contributed by atoms with Gasteiger partial charge in [-0.2, -0.15) is 0 Å². The van der Waals surface area contributed by atoms with E-state index in [-0.39, 0.29) is 0 Å². The minimum absolute atomic E-state index is 0.809. The number of nitrogens with zero attached hydrogens (tertiary/aromatic N) is 1. The van der Waals surface area contributed by atoms with E-state index in [1.807, 2.05) is 12.3 Å². The van der Waals surface area contributed by atoms with Crippen LogP contribution in [0.5, 0.6) is 0 Å². The Morgan fingerprint density at radius 2 is 2.27 bits per heavy atom.